The van der Waals surface area contributed by atoms with Gasteiger partial charge in [-0.2, -0.15) is 5.26 Å². The predicted molar refractivity (Wildman–Crippen MR) is 71.4 cm³/mol. The third-order valence-corrected chi connectivity index (χ3v) is 3.71. The minimum atomic E-state index is -0.145. The number of rotatable bonds is 2. The lowest BCUT2D eigenvalue weighted by atomic mass is 9.95. The van der Waals surface area contributed by atoms with Gasteiger partial charge in [0.15, 0.2) is 0 Å². The van der Waals surface area contributed by atoms with Crippen molar-refractivity contribution in [2.24, 2.45) is 0 Å². The zero-order chi connectivity index (χ0) is 13.1. The van der Waals surface area contributed by atoms with E-state index in [-0.39, 0.29) is 6.04 Å². The summed E-state index contributed by atoms with van der Waals surface area (Å²) in [4.78, 5) is 2.21. The Kier molecular flexibility index (Phi) is 4.00. The molecule has 0 radical (unpaired) electrons. The topological polar surface area (TPSA) is 36.3 Å². The molecule has 1 saturated heterocycles. The van der Waals surface area contributed by atoms with Crippen molar-refractivity contribution >= 4 is 0 Å². The van der Waals surface area contributed by atoms with E-state index < -0.39 is 0 Å². The molecule has 1 aromatic rings. The Morgan fingerprint density at radius 3 is 2.33 bits per heavy atom. The largest absolute Gasteiger partial charge is 0.379 e. The fraction of sp³-hybridized carbons (Fsp3) is 0.533. The van der Waals surface area contributed by atoms with Gasteiger partial charge in [0.25, 0.3) is 0 Å². The van der Waals surface area contributed by atoms with Gasteiger partial charge in [0, 0.05) is 13.1 Å². The number of morpholine rings is 1. The number of hydrogen-bond donors (Lipinski definition) is 0. The maximum absolute atomic E-state index is 9.48. The van der Waals surface area contributed by atoms with E-state index in [0.717, 1.165) is 31.9 Å². The summed E-state index contributed by atoms with van der Waals surface area (Å²) in [5, 5.41) is 9.48. The second-order valence-corrected chi connectivity index (χ2v) is 4.97. The van der Waals surface area contributed by atoms with Crippen molar-refractivity contribution in [3.63, 3.8) is 0 Å². The summed E-state index contributed by atoms with van der Waals surface area (Å²) in [5.41, 5.74) is 4.89. The van der Waals surface area contributed by atoms with E-state index in [9.17, 15) is 5.26 Å². The Morgan fingerprint density at radius 1 is 1.11 bits per heavy atom. The molecule has 1 heterocycles. The van der Waals surface area contributed by atoms with Crippen LogP contribution in [0.1, 0.15) is 28.3 Å². The van der Waals surface area contributed by atoms with Gasteiger partial charge >= 0.3 is 0 Å². The highest BCUT2D eigenvalue weighted by atomic mass is 16.5. The molecule has 0 aromatic heterocycles. The predicted octanol–water partition coefficient (Wildman–Crippen LogP) is 2.51. The van der Waals surface area contributed by atoms with Crippen molar-refractivity contribution < 1.29 is 4.74 Å². The van der Waals surface area contributed by atoms with Gasteiger partial charge in [0.1, 0.15) is 6.04 Å². The summed E-state index contributed by atoms with van der Waals surface area (Å²) >= 11 is 0. The van der Waals surface area contributed by atoms with Gasteiger partial charge in [0.2, 0.25) is 0 Å². The number of nitriles is 1. The first-order valence-corrected chi connectivity index (χ1v) is 6.42. The van der Waals surface area contributed by atoms with Crippen molar-refractivity contribution in [2.75, 3.05) is 26.3 Å². The Bertz CT molecular complexity index is 470. The highest BCUT2D eigenvalue weighted by Gasteiger charge is 2.23. The Balaban J connectivity index is 2.32. The molecule has 1 atom stereocenters. The van der Waals surface area contributed by atoms with Crippen LogP contribution < -0.4 is 0 Å². The van der Waals surface area contributed by atoms with Crippen LogP contribution in [-0.2, 0) is 4.74 Å². The number of ether oxygens (including phenoxy) is 1. The van der Waals surface area contributed by atoms with Crippen molar-refractivity contribution in [1.29, 1.82) is 5.26 Å². The quantitative estimate of drug-likeness (QED) is 0.802. The summed E-state index contributed by atoms with van der Waals surface area (Å²) in [5.74, 6) is 0. The molecule has 1 aromatic carbocycles. The van der Waals surface area contributed by atoms with Gasteiger partial charge in [-0.25, -0.2) is 0 Å². The minimum absolute atomic E-state index is 0.145. The second kappa shape index (κ2) is 5.51. The summed E-state index contributed by atoms with van der Waals surface area (Å²) < 4.78 is 5.35. The third kappa shape index (κ3) is 2.55. The average Bonchev–Trinajstić information content (AvgIpc) is 2.38. The molecule has 1 unspecified atom stereocenters. The fourth-order valence-electron chi connectivity index (χ4n) is 2.46. The lowest BCUT2D eigenvalue weighted by Crippen LogP contribution is -2.38. The van der Waals surface area contributed by atoms with Gasteiger partial charge in [0.05, 0.1) is 19.3 Å². The highest BCUT2D eigenvalue weighted by Crippen LogP contribution is 2.26. The lowest BCUT2D eigenvalue weighted by molar-refractivity contribution is 0.0265. The summed E-state index contributed by atoms with van der Waals surface area (Å²) in [6.45, 7) is 9.43. The standard InChI is InChI=1S/C15H20N2O/c1-11-8-13(3)14(9-12(11)2)15(10-16)17-4-6-18-7-5-17/h8-9,15H,4-7H2,1-3H3. The molecule has 1 aliphatic rings. The zero-order valence-electron chi connectivity index (χ0n) is 11.4. The van der Waals surface area contributed by atoms with Gasteiger partial charge < -0.3 is 4.74 Å². The summed E-state index contributed by atoms with van der Waals surface area (Å²) in [6, 6.07) is 6.64. The number of benzene rings is 1. The molecule has 0 saturated carbocycles. The van der Waals surface area contributed by atoms with Gasteiger partial charge in [-0.3, -0.25) is 4.90 Å². The van der Waals surface area contributed by atoms with Crippen LogP contribution in [0.4, 0.5) is 0 Å². The average molecular weight is 244 g/mol. The molecule has 0 bridgehead atoms. The van der Waals surface area contributed by atoms with Crippen LogP contribution in [0, 0.1) is 32.1 Å². The van der Waals surface area contributed by atoms with E-state index >= 15 is 0 Å². The molecule has 1 fully saturated rings. The first-order valence-electron chi connectivity index (χ1n) is 6.42. The number of aryl methyl sites for hydroxylation is 3. The minimum Gasteiger partial charge on any atom is -0.379 e. The smallest absolute Gasteiger partial charge is 0.124 e. The van der Waals surface area contributed by atoms with Crippen LogP contribution in [0.3, 0.4) is 0 Å². The molecule has 3 heteroatoms. The van der Waals surface area contributed by atoms with Gasteiger partial charge in [-0.15, -0.1) is 0 Å². The Morgan fingerprint density at radius 2 is 1.72 bits per heavy atom. The lowest BCUT2D eigenvalue weighted by Gasteiger charge is -2.31. The zero-order valence-corrected chi connectivity index (χ0v) is 11.4. The van der Waals surface area contributed by atoms with Crippen molar-refractivity contribution in [3.05, 3.63) is 34.4 Å². The van der Waals surface area contributed by atoms with E-state index in [4.69, 9.17) is 4.74 Å². The number of nitrogens with zero attached hydrogens (tertiary/aromatic N) is 2. The summed E-state index contributed by atoms with van der Waals surface area (Å²) in [7, 11) is 0. The van der Waals surface area contributed by atoms with Crippen LogP contribution in [0.2, 0.25) is 0 Å². The van der Waals surface area contributed by atoms with E-state index in [1.165, 1.54) is 16.7 Å². The maximum Gasteiger partial charge on any atom is 0.124 e. The molecule has 3 nitrogen and oxygen atoms in total. The van der Waals surface area contributed by atoms with Crippen molar-refractivity contribution in [3.8, 4) is 6.07 Å². The van der Waals surface area contributed by atoms with E-state index in [2.05, 4.69) is 43.9 Å². The molecular weight excluding hydrogens is 224 g/mol. The Hall–Kier alpha value is -1.37. The van der Waals surface area contributed by atoms with Crippen LogP contribution in [-0.4, -0.2) is 31.2 Å². The van der Waals surface area contributed by atoms with E-state index in [1.54, 1.807) is 0 Å². The molecule has 0 aliphatic carbocycles. The molecule has 0 spiro atoms. The monoisotopic (exact) mass is 244 g/mol. The van der Waals surface area contributed by atoms with Gasteiger partial charge in [-0.05, 0) is 43.0 Å². The Labute approximate surface area is 109 Å². The van der Waals surface area contributed by atoms with Crippen LogP contribution >= 0.6 is 0 Å². The molecule has 96 valence electrons. The van der Waals surface area contributed by atoms with Crippen LogP contribution in [0.5, 0.6) is 0 Å². The van der Waals surface area contributed by atoms with Crippen LogP contribution in [0.25, 0.3) is 0 Å². The highest BCUT2D eigenvalue weighted by molar-refractivity contribution is 5.40. The van der Waals surface area contributed by atoms with Gasteiger partial charge in [-0.1, -0.05) is 12.1 Å². The fourth-order valence-corrected chi connectivity index (χ4v) is 2.46. The molecule has 18 heavy (non-hydrogen) atoms. The van der Waals surface area contributed by atoms with E-state index in [1.807, 2.05) is 0 Å². The first-order chi connectivity index (χ1) is 8.63. The van der Waals surface area contributed by atoms with Crippen molar-refractivity contribution in [1.82, 2.24) is 4.90 Å². The molecule has 2 rings (SSSR count). The molecule has 0 N–H and O–H groups in total. The molecular formula is C15H20N2O. The van der Waals surface area contributed by atoms with E-state index in [0.29, 0.717) is 0 Å². The SMILES string of the molecule is Cc1cc(C)c(C(C#N)N2CCOCC2)cc1C. The maximum atomic E-state index is 9.48. The first kappa shape index (κ1) is 13.1. The third-order valence-electron chi connectivity index (χ3n) is 3.71. The number of hydrogen-bond acceptors (Lipinski definition) is 3. The second-order valence-electron chi connectivity index (χ2n) is 4.97. The normalized spacial score (nSPS) is 18.3. The molecule has 1 aliphatic heterocycles. The summed E-state index contributed by atoms with van der Waals surface area (Å²) in [6.07, 6.45) is 0. The van der Waals surface area contributed by atoms with Crippen molar-refractivity contribution in [2.45, 2.75) is 26.8 Å². The van der Waals surface area contributed by atoms with Crippen LogP contribution in [0.15, 0.2) is 12.1 Å². The molecule has 0 amide bonds.